The van der Waals surface area contributed by atoms with Crippen LogP contribution in [-0.4, -0.2) is 30.4 Å². The van der Waals surface area contributed by atoms with Crippen molar-refractivity contribution in [3.63, 3.8) is 0 Å². The predicted octanol–water partition coefficient (Wildman–Crippen LogP) is 3.49. The Morgan fingerprint density at radius 1 is 1.03 bits per heavy atom. The lowest BCUT2D eigenvalue weighted by atomic mass is 10.1. The number of carbonyl (C=O) groups is 3. The molecule has 1 atom stereocenters. The molecule has 2 aliphatic rings. The van der Waals surface area contributed by atoms with Crippen LogP contribution in [0.4, 0.5) is 11.4 Å². The van der Waals surface area contributed by atoms with Gasteiger partial charge in [-0.25, -0.2) is 4.79 Å². The van der Waals surface area contributed by atoms with Crippen LogP contribution < -0.4 is 10.2 Å². The summed E-state index contributed by atoms with van der Waals surface area (Å²) in [6, 6.07) is 12.7. The summed E-state index contributed by atoms with van der Waals surface area (Å²) in [5, 5.41) is 2.82. The Morgan fingerprint density at radius 2 is 1.86 bits per heavy atom. The first-order valence-corrected chi connectivity index (χ1v) is 10.1. The van der Waals surface area contributed by atoms with Crippen molar-refractivity contribution in [2.24, 2.45) is 0 Å². The van der Waals surface area contributed by atoms with Crippen LogP contribution in [0, 0.1) is 0 Å². The lowest BCUT2D eigenvalue weighted by Crippen LogP contribution is -2.30. The Labute approximate surface area is 169 Å². The van der Waals surface area contributed by atoms with Gasteiger partial charge in [0, 0.05) is 24.3 Å². The van der Waals surface area contributed by atoms with Gasteiger partial charge in [0.25, 0.3) is 5.91 Å². The van der Waals surface area contributed by atoms with Gasteiger partial charge in [-0.2, -0.15) is 0 Å². The van der Waals surface area contributed by atoms with Gasteiger partial charge in [0.15, 0.2) is 6.10 Å². The van der Waals surface area contributed by atoms with Crippen LogP contribution in [0.5, 0.6) is 0 Å². The van der Waals surface area contributed by atoms with Crippen molar-refractivity contribution in [3.8, 4) is 0 Å². The van der Waals surface area contributed by atoms with Crippen molar-refractivity contribution in [2.75, 3.05) is 16.8 Å². The van der Waals surface area contributed by atoms with E-state index in [1.807, 2.05) is 18.2 Å². The first-order valence-electron chi connectivity index (χ1n) is 10.1. The standard InChI is InChI=1S/C23H24N2O4/c1-15(22(27)24-19-11-10-16-5-2-6-17(16)13-19)29-23(28)18-7-3-8-20(14-18)25-12-4-9-21(25)26/h3,7-8,10-11,13-15H,2,4-6,9,12H2,1H3,(H,24,27)/t15-/m0/s1. The summed E-state index contributed by atoms with van der Waals surface area (Å²) < 4.78 is 5.35. The van der Waals surface area contributed by atoms with Gasteiger partial charge in [-0.15, -0.1) is 0 Å². The topological polar surface area (TPSA) is 75.7 Å². The number of anilines is 2. The molecular weight excluding hydrogens is 368 g/mol. The average Bonchev–Trinajstić information content (AvgIpc) is 3.36. The Kier molecular flexibility index (Phi) is 5.34. The Hall–Kier alpha value is -3.15. The lowest BCUT2D eigenvalue weighted by Gasteiger charge is -2.17. The molecule has 0 radical (unpaired) electrons. The minimum atomic E-state index is -0.937. The zero-order valence-corrected chi connectivity index (χ0v) is 16.4. The van der Waals surface area contributed by atoms with Crippen LogP contribution >= 0.6 is 0 Å². The molecule has 4 rings (SSSR count). The third kappa shape index (κ3) is 4.16. The first-order chi connectivity index (χ1) is 14.0. The molecule has 0 spiro atoms. The SMILES string of the molecule is C[C@H](OC(=O)c1cccc(N2CCCC2=O)c1)C(=O)Nc1ccc2c(c1)CCC2. The second kappa shape index (κ2) is 8.07. The number of amides is 2. The summed E-state index contributed by atoms with van der Waals surface area (Å²) in [6.07, 6.45) is 3.65. The van der Waals surface area contributed by atoms with E-state index in [0.717, 1.165) is 25.7 Å². The number of esters is 1. The van der Waals surface area contributed by atoms with E-state index in [0.29, 0.717) is 29.9 Å². The molecular formula is C23H24N2O4. The molecule has 2 aromatic carbocycles. The van der Waals surface area contributed by atoms with E-state index >= 15 is 0 Å². The molecule has 0 aromatic heterocycles. The van der Waals surface area contributed by atoms with Crippen molar-refractivity contribution in [2.45, 2.75) is 45.1 Å². The van der Waals surface area contributed by atoms with E-state index in [-0.39, 0.29) is 11.8 Å². The summed E-state index contributed by atoms with van der Waals surface area (Å²) in [4.78, 5) is 38.6. The smallest absolute Gasteiger partial charge is 0.338 e. The number of aryl methyl sites for hydroxylation is 2. The molecule has 1 fully saturated rings. The fourth-order valence-electron chi connectivity index (χ4n) is 3.90. The van der Waals surface area contributed by atoms with E-state index in [2.05, 4.69) is 5.32 Å². The number of carbonyl (C=O) groups excluding carboxylic acids is 3. The van der Waals surface area contributed by atoms with Gasteiger partial charge in [0.2, 0.25) is 5.91 Å². The van der Waals surface area contributed by atoms with Crippen molar-refractivity contribution < 1.29 is 19.1 Å². The molecule has 1 aliphatic heterocycles. The molecule has 150 valence electrons. The minimum Gasteiger partial charge on any atom is -0.449 e. The van der Waals surface area contributed by atoms with Gasteiger partial charge in [-0.1, -0.05) is 12.1 Å². The number of rotatable bonds is 5. The molecule has 1 heterocycles. The molecule has 0 saturated carbocycles. The fraction of sp³-hybridized carbons (Fsp3) is 0.348. The number of ether oxygens (including phenoxy) is 1. The largest absolute Gasteiger partial charge is 0.449 e. The highest BCUT2D eigenvalue weighted by Gasteiger charge is 2.24. The zero-order chi connectivity index (χ0) is 20.4. The van der Waals surface area contributed by atoms with Gasteiger partial charge in [-0.05, 0) is 74.1 Å². The van der Waals surface area contributed by atoms with E-state index in [9.17, 15) is 14.4 Å². The molecule has 6 nitrogen and oxygen atoms in total. The summed E-state index contributed by atoms with van der Waals surface area (Å²) in [5.41, 5.74) is 4.31. The number of nitrogens with zero attached hydrogens (tertiary/aromatic N) is 1. The third-order valence-corrected chi connectivity index (χ3v) is 5.49. The Morgan fingerprint density at radius 3 is 2.66 bits per heavy atom. The van der Waals surface area contributed by atoms with Gasteiger partial charge >= 0.3 is 5.97 Å². The quantitative estimate of drug-likeness (QED) is 0.791. The van der Waals surface area contributed by atoms with Crippen molar-refractivity contribution >= 4 is 29.2 Å². The van der Waals surface area contributed by atoms with Crippen LogP contribution in [0.3, 0.4) is 0 Å². The van der Waals surface area contributed by atoms with E-state index < -0.39 is 12.1 Å². The van der Waals surface area contributed by atoms with E-state index in [4.69, 9.17) is 4.74 Å². The monoisotopic (exact) mass is 392 g/mol. The van der Waals surface area contributed by atoms with Crippen LogP contribution in [0.25, 0.3) is 0 Å². The van der Waals surface area contributed by atoms with Gasteiger partial charge in [-0.3, -0.25) is 9.59 Å². The number of fused-ring (bicyclic) bond motifs is 1. The molecule has 1 N–H and O–H groups in total. The second-order valence-corrected chi connectivity index (χ2v) is 7.57. The zero-order valence-electron chi connectivity index (χ0n) is 16.4. The van der Waals surface area contributed by atoms with E-state index in [1.165, 1.54) is 11.1 Å². The van der Waals surface area contributed by atoms with Crippen LogP contribution in [-0.2, 0) is 27.2 Å². The molecule has 2 aromatic rings. The molecule has 1 saturated heterocycles. The van der Waals surface area contributed by atoms with Crippen LogP contribution in [0.1, 0.15) is 47.7 Å². The highest BCUT2D eigenvalue weighted by atomic mass is 16.5. The molecule has 29 heavy (non-hydrogen) atoms. The summed E-state index contributed by atoms with van der Waals surface area (Å²) >= 11 is 0. The number of hydrogen-bond acceptors (Lipinski definition) is 4. The van der Waals surface area contributed by atoms with Gasteiger partial charge < -0.3 is 15.0 Å². The van der Waals surface area contributed by atoms with E-state index in [1.54, 1.807) is 36.1 Å². The summed E-state index contributed by atoms with van der Waals surface area (Å²) in [7, 11) is 0. The highest BCUT2D eigenvalue weighted by molar-refractivity contribution is 5.99. The summed E-state index contributed by atoms with van der Waals surface area (Å²) in [5.74, 6) is -0.908. The Balaban J connectivity index is 1.39. The molecule has 6 heteroatoms. The average molecular weight is 392 g/mol. The molecule has 2 amide bonds. The van der Waals surface area contributed by atoms with Crippen molar-refractivity contribution in [1.29, 1.82) is 0 Å². The maximum atomic E-state index is 12.5. The molecule has 0 bridgehead atoms. The third-order valence-electron chi connectivity index (χ3n) is 5.49. The normalized spacial score (nSPS) is 16.4. The highest BCUT2D eigenvalue weighted by Crippen LogP contribution is 2.25. The summed E-state index contributed by atoms with van der Waals surface area (Å²) in [6.45, 7) is 2.20. The predicted molar refractivity (Wildman–Crippen MR) is 110 cm³/mol. The minimum absolute atomic E-state index is 0.0533. The van der Waals surface area contributed by atoms with Crippen LogP contribution in [0.2, 0.25) is 0 Å². The maximum absolute atomic E-state index is 12.5. The number of nitrogens with one attached hydrogen (secondary N) is 1. The molecule has 1 aliphatic carbocycles. The van der Waals surface area contributed by atoms with Crippen LogP contribution in [0.15, 0.2) is 42.5 Å². The Bertz CT molecular complexity index is 969. The fourth-order valence-corrected chi connectivity index (χ4v) is 3.90. The van der Waals surface area contributed by atoms with Crippen molar-refractivity contribution in [1.82, 2.24) is 0 Å². The lowest BCUT2D eigenvalue weighted by molar-refractivity contribution is -0.123. The maximum Gasteiger partial charge on any atom is 0.338 e. The number of benzene rings is 2. The van der Waals surface area contributed by atoms with Crippen molar-refractivity contribution in [3.05, 3.63) is 59.2 Å². The first kappa shape index (κ1) is 19.2. The van der Waals surface area contributed by atoms with Gasteiger partial charge in [0.1, 0.15) is 0 Å². The number of hydrogen-bond donors (Lipinski definition) is 1. The molecule has 0 unspecified atom stereocenters. The van der Waals surface area contributed by atoms with Gasteiger partial charge in [0.05, 0.1) is 5.56 Å². The second-order valence-electron chi connectivity index (χ2n) is 7.57.